The van der Waals surface area contributed by atoms with E-state index in [9.17, 15) is 5.11 Å². The predicted molar refractivity (Wildman–Crippen MR) is 87.0 cm³/mol. The van der Waals surface area contributed by atoms with Crippen LogP contribution in [0.1, 0.15) is 54.8 Å². The Labute approximate surface area is 130 Å². The molecule has 1 N–H and O–H groups in total. The fourth-order valence-corrected chi connectivity index (χ4v) is 3.29. The van der Waals surface area contributed by atoms with Crippen LogP contribution < -0.4 is 4.74 Å². The first-order valence-corrected chi connectivity index (χ1v) is 8.01. The summed E-state index contributed by atoms with van der Waals surface area (Å²) in [5.41, 5.74) is 1.23. The lowest BCUT2D eigenvalue weighted by molar-refractivity contribution is 0.0817. The number of aromatic nitrogens is 1. The quantitative estimate of drug-likeness (QED) is 0.891. The van der Waals surface area contributed by atoms with Gasteiger partial charge in [0.1, 0.15) is 17.4 Å². The number of hydrogen-bond acceptors (Lipinski definition) is 4. The molecule has 0 spiro atoms. The first-order chi connectivity index (χ1) is 9.79. The van der Waals surface area contributed by atoms with Crippen LogP contribution in [0.5, 0.6) is 5.75 Å². The third kappa shape index (κ3) is 3.83. The highest BCUT2D eigenvalue weighted by molar-refractivity contribution is 7.11. The van der Waals surface area contributed by atoms with Crippen molar-refractivity contribution in [2.75, 3.05) is 0 Å². The first kappa shape index (κ1) is 16.0. The summed E-state index contributed by atoms with van der Waals surface area (Å²) in [6, 6.07) is 8.10. The summed E-state index contributed by atoms with van der Waals surface area (Å²) in [6.45, 7) is 10.2. The summed E-state index contributed by atoms with van der Waals surface area (Å²) in [5, 5.41) is 11.0. The van der Waals surface area contributed by atoms with Crippen LogP contribution in [-0.4, -0.2) is 10.1 Å². The highest BCUT2D eigenvalue weighted by Gasteiger charge is 2.23. The number of aliphatic hydroxyl groups is 1. The number of para-hydroxylation sites is 1. The summed E-state index contributed by atoms with van der Waals surface area (Å²) >= 11 is 1.51. The molecule has 3 nitrogen and oxygen atoms in total. The van der Waals surface area contributed by atoms with E-state index in [2.05, 4.69) is 24.9 Å². The van der Waals surface area contributed by atoms with Crippen molar-refractivity contribution >= 4 is 11.3 Å². The molecule has 0 aliphatic rings. The largest absolute Gasteiger partial charge is 0.486 e. The van der Waals surface area contributed by atoms with Gasteiger partial charge in [-0.15, -0.1) is 11.3 Å². The van der Waals surface area contributed by atoms with Crippen molar-refractivity contribution in [1.82, 2.24) is 4.98 Å². The maximum absolute atomic E-state index is 10.1. The molecule has 0 radical (unpaired) electrons. The molecule has 0 unspecified atom stereocenters. The molecule has 2 rings (SSSR count). The average molecular weight is 305 g/mol. The molecule has 0 atom stereocenters. The van der Waals surface area contributed by atoms with Gasteiger partial charge in [-0.1, -0.05) is 32.0 Å². The van der Waals surface area contributed by atoms with Gasteiger partial charge in [0.25, 0.3) is 0 Å². The van der Waals surface area contributed by atoms with Gasteiger partial charge in [0.15, 0.2) is 0 Å². The molecule has 1 heterocycles. The van der Waals surface area contributed by atoms with E-state index in [1.807, 2.05) is 25.1 Å². The van der Waals surface area contributed by atoms with Gasteiger partial charge in [0, 0.05) is 0 Å². The van der Waals surface area contributed by atoms with Crippen molar-refractivity contribution in [2.45, 2.75) is 52.7 Å². The number of benzene rings is 1. The maximum Gasteiger partial charge on any atom is 0.140 e. The average Bonchev–Trinajstić information content (AvgIpc) is 2.78. The van der Waals surface area contributed by atoms with Gasteiger partial charge in [-0.3, -0.25) is 0 Å². The Balaban J connectivity index is 2.14. The number of hydrogen-bond donors (Lipinski definition) is 1. The Kier molecular flexibility index (Phi) is 4.69. The molecule has 0 amide bonds. The molecule has 0 aliphatic carbocycles. The third-order valence-corrected chi connectivity index (χ3v) is 4.73. The van der Waals surface area contributed by atoms with E-state index in [1.54, 1.807) is 13.8 Å². The zero-order valence-corrected chi connectivity index (χ0v) is 14.1. The summed E-state index contributed by atoms with van der Waals surface area (Å²) in [5.74, 6) is 1.33. The van der Waals surface area contributed by atoms with E-state index >= 15 is 0 Å². The Morgan fingerprint density at radius 1 is 1.29 bits per heavy atom. The van der Waals surface area contributed by atoms with Crippen molar-refractivity contribution in [3.05, 3.63) is 45.4 Å². The molecular formula is C17H23NO2S. The van der Waals surface area contributed by atoms with Gasteiger partial charge < -0.3 is 9.84 Å². The zero-order chi connectivity index (χ0) is 15.6. The topological polar surface area (TPSA) is 42.4 Å². The number of aryl methyl sites for hydroxylation is 1. The minimum Gasteiger partial charge on any atom is -0.486 e. The highest BCUT2D eigenvalue weighted by Crippen LogP contribution is 2.31. The van der Waals surface area contributed by atoms with Gasteiger partial charge in [-0.25, -0.2) is 4.98 Å². The van der Waals surface area contributed by atoms with Crippen LogP contribution in [0.4, 0.5) is 0 Å². The smallest absolute Gasteiger partial charge is 0.140 e. The molecule has 4 heteroatoms. The minimum absolute atomic E-state index is 0.422. The summed E-state index contributed by atoms with van der Waals surface area (Å²) < 4.78 is 5.93. The van der Waals surface area contributed by atoms with Crippen LogP contribution in [0.25, 0.3) is 0 Å². The summed E-state index contributed by atoms with van der Waals surface area (Å²) in [4.78, 5) is 5.40. The second kappa shape index (κ2) is 6.16. The monoisotopic (exact) mass is 305 g/mol. The van der Waals surface area contributed by atoms with Crippen LogP contribution in [0.2, 0.25) is 0 Å². The molecular weight excluding hydrogens is 282 g/mol. The molecule has 2 aromatic rings. The van der Waals surface area contributed by atoms with Crippen LogP contribution in [0.15, 0.2) is 24.3 Å². The Morgan fingerprint density at radius 3 is 2.52 bits per heavy atom. The van der Waals surface area contributed by atoms with Gasteiger partial charge in [0.2, 0.25) is 0 Å². The molecule has 0 bridgehead atoms. The number of thiazole rings is 1. The molecule has 1 aromatic carbocycles. The molecule has 114 valence electrons. The van der Waals surface area contributed by atoms with Crippen molar-refractivity contribution in [3.63, 3.8) is 0 Å². The number of rotatable bonds is 5. The van der Waals surface area contributed by atoms with Gasteiger partial charge >= 0.3 is 0 Å². The summed E-state index contributed by atoms with van der Waals surface area (Å²) in [6.07, 6.45) is 0. The first-order valence-electron chi connectivity index (χ1n) is 7.20. The van der Waals surface area contributed by atoms with Crippen molar-refractivity contribution in [1.29, 1.82) is 0 Å². The molecule has 1 aromatic heterocycles. The molecule has 21 heavy (non-hydrogen) atoms. The van der Waals surface area contributed by atoms with E-state index in [1.165, 1.54) is 16.9 Å². The second-order valence-corrected chi connectivity index (χ2v) is 7.15. The molecule has 0 saturated carbocycles. The lowest BCUT2D eigenvalue weighted by atomic mass is 10.0. The third-order valence-electron chi connectivity index (χ3n) is 3.29. The standard InChI is InChI=1S/C17H23NO2S/c1-11(2)13-8-6-7-9-14(13)20-10-15-18-12(3)16(21-15)17(4,5)19/h6-9,11,19H,10H2,1-5H3. The minimum atomic E-state index is -0.851. The van der Waals surface area contributed by atoms with Gasteiger partial charge in [-0.05, 0) is 38.3 Å². The normalized spacial score (nSPS) is 12.0. The van der Waals surface area contributed by atoms with Crippen LogP contribution in [0.3, 0.4) is 0 Å². The van der Waals surface area contributed by atoms with Crippen molar-refractivity contribution in [2.24, 2.45) is 0 Å². The zero-order valence-electron chi connectivity index (χ0n) is 13.3. The Hall–Kier alpha value is -1.39. The number of ether oxygens (including phenoxy) is 1. The molecule has 0 aliphatic heterocycles. The lowest BCUT2D eigenvalue weighted by Crippen LogP contribution is -2.14. The number of nitrogens with zero attached hydrogens (tertiary/aromatic N) is 1. The molecule has 0 fully saturated rings. The maximum atomic E-state index is 10.1. The second-order valence-electron chi connectivity index (χ2n) is 6.06. The highest BCUT2D eigenvalue weighted by atomic mass is 32.1. The van der Waals surface area contributed by atoms with Gasteiger partial charge in [-0.2, -0.15) is 0 Å². The van der Waals surface area contributed by atoms with E-state index < -0.39 is 5.60 Å². The van der Waals surface area contributed by atoms with E-state index in [0.717, 1.165) is 21.3 Å². The summed E-state index contributed by atoms with van der Waals surface area (Å²) in [7, 11) is 0. The lowest BCUT2D eigenvalue weighted by Gasteiger charge is -2.15. The predicted octanol–water partition coefficient (Wildman–Crippen LogP) is 4.38. The van der Waals surface area contributed by atoms with E-state index in [0.29, 0.717) is 12.5 Å². The van der Waals surface area contributed by atoms with Crippen molar-refractivity contribution in [3.8, 4) is 5.75 Å². The van der Waals surface area contributed by atoms with Crippen LogP contribution in [0, 0.1) is 6.92 Å². The van der Waals surface area contributed by atoms with Crippen LogP contribution in [-0.2, 0) is 12.2 Å². The fraction of sp³-hybridized carbons (Fsp3) is 0.471. The van der Waals surface area contributed by atoms with Gasteiger partial charge in [0.05, 0.1) is 16.2 Å². The van der Waals surface area contributed by atoms with E-state index in [4.69, 9.17) is 4.74 Å². The fourth-order valence-electron chi connectivity index (χ4n) is 2.31. The Morgan fingerprint density at radius 2 is 1.95 bits per heavy atom. The Bertz CT molecular complexity index is 611. The molecule has 0 saturated heterocycles. The van der Waals surface area contributed by atoms with Crippen LogP contribution >= 0.6 is 11.3 Å². The SMILES string of the molecule is Cc1nc(COc2ccccc2C(C)C)sc1C(C)(C)O. The van der Waals surface area contributed by atoms with Crippen molar-refractivity contribution < 1.29 is 9.84 Å². The van der Waals surface area contributed by atoms with E-state index in [-0.39, 0.29) is 0 Å².